The van der Waals surface area contributed by atoms with Crippen LogP contribution in [0.2, 0.25) is 0 Å². The molecule has 0 radical (unpaired) electrons. The van der Waals surface area contributed by atoms with Crippen molar-refractivity contribution in [2.75, 3.05) is 7.11 Å². The second-order valence-electron chi connectivity index (χ2n) is 4.03. The Labute approximate surface area is 103 Å². The standard InChI is InChI=1S/C13H13NO4/c1-7-8-5-4-6-9(18-3)11(8)14(2)12(15)10(7)13(16)17/h4-6H,1-3H3,(H,16,17). The first-order valence-corrected chi connectivity index (χ1v) is 5.38. The molecule has 1 N–H and O–H groups in total. The van der Waals surface area contributed by atoms with E-state index in [2.05, 4.69) is 0 Å². The van der Waals surface area contributed by atoms with Gasteiger partial charge in [-0.1, -0.05) is 12.1 Å². The van der Waals surface area contributed by atoms with Gasteiger partial charge in [0.15, 0.2) is 0 Å². The van der Waals surface area contributed by atoms with Crippen molar-refractivity contribution < 1.29 is 14.6 Å². The number of ether oxygens (including phenoxy) is 1. The van der Waals surface area contributed by atoms with Crippen molar-refractivity contribution in [3.05, 3.63) is 39.7 Å². The summed E-state index contributed by atoms with van der Waals surface area (Å²) >= 11 is 0. The fourth-order valence-corrected chi connectivity index (χ4v) is 2.15. The van der Waals surface area contributed by atoms with Crippen LogP contribution in [0.25, 0.3) is 10.9 Å². The first-order chi connectivity index (χ1) is 8.49. The summed E-state index contributed by atoms with van der Waals surface area (Å²) < 4.78 is 6.52. The van der Waals surface area contributed by atoms with E-state index in [0.29, 0.717) is 22.2 Å². The number of hydrogen-bond donors (Lipinski definition) is 1. The van der Waals surface area contributed by atoms with Crippen molar-refractivity contribution in [3.8, 4) is 5.75 Å². The predicted molar refractivity (Wildman–Crippen MR) is 67.4 cm³/mol. The van der Waals surface area contributed by atoms with Gasteiger partial charge >= 0.3 is 5.97 Å². The molecule has 0 aliphatic rings. The molecule has 2 aromatic rings. The number of hydrogen-bond acceptors (Lipinski definition) is 3. The second-order valence-corrected chi connectivity index (χ2v) is 4.03. The van der Waals surface area contributed by atoms with E-state index in [0.717, 1.165) is 0 Å². The van der Waals surface area contributed by atoms with E-state index in [1.807, 2.05) is 0 Å². The van der Waals surface area contributed by atoms with Gasteiger partial charge in [-0.15, -0.1) is 0 Å². The quantitative estimate of drug-likeness (QED) is 0.874. The highest BCUT2D eigenvalue weighted by molar-refractivity contribution is 5.97. The van der Waals surface area contributed by atoms with Crippen molar-refractivity contribution in [1.82, 2.24) is 4.57 Å². The number of aryl methyl sites for hydroxylation is 2. The normalized spacial score (nSPS) is 10.6. The summed E-state index contributed by atoms with van der Waals surface area (Å²) in [6.07, 6.45) is 0. The Morgan fingerprint density at radius 1 is 1.39 bits per heavy atom. The molecule has 0 amide bonds. The zero-order valence-corrected chi connectivity index (χ0v) is 10.4. The van der Waals surface area contributed by atoms with Crippen LogP contribution in [-0.2, 0) is 7.05 Å². The Kier molecular flexibility index (Phi) is 2.82. The van der Waals surface area contributed by atoms with Gasteiger partial charge in [-0.2, -0.15) is 0 Å². The van der Waals surface area contributed by atoms with Crippen LogP contribution >= 0.6 is 0 Å². The third-order valence-corrected chi connectivity index (χ3v) is 3.07. The lowest BCUT2D eigenvalue weighted by Crippen LogP contribution is -2.26. The summed E-state index contributed by atoms with van der Waals surface area (Å²) in [6, 6.07) is 5.28. The Bertz CT molecular complexity index is 700. The minimum absolute atomic E-state index is 0.196. The summed E-state index contributed by atoms with van der Waals surface area (Å²) in [5, 5.41) is 9.81. The zero-order valence-electron chi connectivity index (χ0n) is 10.4. The van der Waals surface area contributed by atoms with Crippen LogP contribution in [0.4, 0.5) is 0 Å². The van der Waals surface area contributed by atoms with Crippen LogP contribution < -0.4 is 10.3 Å². The van der Waals surface area contributed by atoms with E-state index >= 15 is 0 Å². The van der Waals surface area contributed by atoms with Crippen molar-refractivity contribution in [2.45, 2.75) is 6.92 Å². The maximum Gasteiger partial charge on any atom is 0.341 e. The van der Waals surface area contributed by atoms with E-state index in [1.165, 1.54) is 11.7 Å². The van der Waals surface area contributed by atoms with Gasteiger partial charge < -0.3 is 14.4 Å². The molecule has 2 rings (SSSR count). The Morgan fingerprint density at radius 2 is 2.06 bits per heavy atom. The van der Waals surface area contributed by atoms with E-state index in [9.17, 15) is 9.59 Å². The molecule has 0 saturated carbocycles. The zero-order chi connectivity index (χ0) is 13.4. The molecule has 0 spiro atoms. The Balaban J connectivity index is 3.07. The lowest BCUT2D eigenvalue weighted by atomic mass is 10.0. The van der Waals surface area contributed by atoms with Crippen LogP contribution in [0.15, 0.2) is 23.0 Å². The van der Waals surface area contributed by atoms with Crippen LogP contribution in [0.5, 0.6) is 5.75 Å². The summed E-state index contributed by atoms with van der Waals surface area (Å²) in [7, 11) is 3.05. The molecule has 1 aromatic carbocycles. The fraction of sp³-hybridized carbons (Fsp3) is 0.231. The Morgan fingerprint density at radius 3 is 2.61 bits per heavy atom. The van der Waals surface area contributed by atoms with Crippen molar-refractivity contribution >= 4 is 16.9 Å². The minimum Gasteiger partial charge on any atom is -0.495 e. The lowest BCUT2D eigenvalue weighted by molar-refractivity contribution is 0.0694. The molecule has 5 nitrogen and oxygen atoms in total. The third kappa shape index (κ3) is 1.55. The highest BCUT2D eigenvalue weighted by Crippen LogP contribution is 2.27. The summed E-state index contributed by atoms with van der Waals surface area (Å²) in [4.78, 5) is 23.2. The summed E-state index contributed by atoms with van der Waals surface area (Å²) in [6.45, 7) is 1.63. The van der Waals surface area contributed by atoms with Gasteiger partial charge in [-0.3, -0.25) is 4.79 Å². The molecule has 94 valence electrons. The van der Waals surface area contributed by atoms with Gasteiger partial charge in [0.1, 0.15) is 11.3 Å². The van der Waals surface area contributed by atoms with Gasteiger partial charge in [0.25, 0.3) is 5.56 Å². The summed E-state index contributed by atoms with van der Waals surface area (Å²) in [5.41, 5.74) is 0.335. The van der Waals surface area contributed by atoms with Gasteiger partial charge in [0.2, 0.25) is 0 Å². The number of carboxylic acid groups (broad SMARTS) is 1. The molecule has 0 aliphatic carbocycles. The first-order valence-electron chi connectivity index (χ1n) is 5.38. The first kappa shape index (κ1) is 12.2. The molecule has 1 heterocycles. The molecule has 0 fully saturated rings. The highest BCUT2D eigenvalue weighted by Gasteiger charge is 2.19. The van der Waals surface area contributed by atoms with Crippen LogP contribution in [0.3, 0.4) is 0 Å². The van der Waals surface area contributed by atoms with E-state index in [-0.39, 0.29) is 5.56 Å². The molecular formula is C13H13NO4. The fourth-order valence-electron chi connectivity index (χ4n) is 2.15. The predicted octanol–water partition coefficient (Wildman–Crippen LogP) is 1.55. The maximum atomic E-state index is 12.0. The molecule has 18 heavy (non-hydrogen) atoms. The minimum atomic E-state index is -1.21. The largest absolute Gasteiger partial charge is 0.495 e. The number of benzene rings is 1. The number of nitrogens with zero attached hydrogens (tertiary/aromatic N) is 1. The molecule has 0 bridgehead atoms. The van der Waals surface area contributed by atoms with Crippen LogP contribution in [0, 0.1) is 6.92 Å². The molecular weight excluding hydrogens is 234 g/mol. The number of pyridine rings is 1. The SMILES string of the molecule is COc1cccc2c(C)c(C(=O)O)c(=O)n(C)c12. The number of para-hydroxylation sites is 1. The van der Waals surface area contributed by atoms with Crippen molar-refractivity contribution in [2.24, 2.45) is 7.05 Å². The van der Waals surface area contributed by atoms with Crippen LogP contribution in [-0.4, -0.2) is 22.8 Å². The van der Waals surface area contributed by atoms with Gasteiger partial charge in [-0.25, -0.2) is 4.79 Å². The third-order valence-electron chi connectivity index (χ3n) is 3.07. The molecule has 0 aliphatic heterocycles. The highest BCUT2D eigenvalue weighted by atomic mass is 16.5. The molecule has 0 saturated heterocycles. The van der Waals surface area contributed by atoms with Gasteiger partial charge in [0.05, 0.1) is 12.6 Å². The van der Waals surface area contributed by atoms with Crippen LogP contribution in [0.1, 0.15) is 15.9 Å². The number of carboxylic acids is 1. The number of aromatic nitrogens is 1. The van der Waals surface area contributed by atoms with Gasteiger partial charge in [-0.05, 0) is 18.6 Å². The summed E-state index contributed by atoms with van der Waals surface area (Å²) in [5.74, 6) is -0.662. The van der Waals surface area contributed by atoms with E-state index in [1.54, 1.807) is 32.2 Å². The average molecular weight is 247 g/mol. The van der Waals surface area contributed by atoms with E-state index < -0.39 is 11.5 Å². The molecule has 0 unspecified atom stereocenters. The monoisotopic (exact) mass is 247 g/mol. The lowest BCUT2D eigenvalue weighted by Gasteiger charge is -2.13. The average Bonchev–Trinajstić information content (AvgIpc) is 2.35. The number of carbonyl (C=O) groups is 1. The smallest absolute Gasteiger partial charge is 0.341 e. The molecule has 1 aromatic heterocycles. The molecule has 5 heteroatoms. The Hall–Kier alpha value is -2.30. The number of fused-ring (bicyclic) bond motifs is 1. The number of rotatable bonds is 2. The maximum absolute atomic E-state index is 12.0. The van der Waals surface area contributed by atoms with Gasteiger partial charge in [0, 0.05) is 12.4 Å². The second kappa shape index (κ2) is 4.18. The van der Waals surface area contributed by atoms with Crippen molar-refractivity contribution in [3.63, 3.8) is 0 Å². The topological polar surface area (TPSA) is 68.5 Å². The van der Waals surface area contributed by atoms with E-state index in [4.69, 9.17) is 9.84 Å². The molecule has 0 atom stereocenters. The van der Waals surface area contributed by atoms with Crippen molar-refractivity contribution in [1.29, 1.82) is 0 Å². The number of methoxy groups -OCH3 is 1. The number of aromatic carboxylic acids is 1.